The summed E-state index contributed by atoms with van der Waals surface area (Å²) in [6.07, 6.45) is -0.358. The Balaban J connectivity index is 2.21. The molecule has 2 nitrogen and oxygen atoms in total. The molecule has 2 N–H and O–H groups in total. The van der Waals surface area contributed by atoms with E-state index in [4.69, 9.17) is 0 Å². The van der Waals surface area contributed by atoms with E-state index in [0.717, 1.165) is 38.9 Å². The van der Waals surface area contributed by atoms with Crippen molar-refractivity contribution in [3.63, 3.8) is 0 Å². The second-order valence-corrected chi connectivity index (χ2v) is 5.10. The smallest absolute Gasteiger partial charge is 0.317 e. The first-order valence-corrected chi connectivity index (χ1v) is 7.04. The van der Waals surface area contributed by atoms with E-state index < -0.39 is 12.1 Å². The normalized spacial score (nSPS) is 25.3. The number of halogens is 3. The summed E-state index contributed by atoms with van der Waals surface area (Å²) in [6.45, 7) is 5.23. The van der Waals surface area contributed by atoms with Crippen LogP contribution < -0.4 is 10.6 Å². The van der Waals surface area contributed by atoms with Crippen LogP contribution in [0.15, 0.2) is 0 Å². The van der Waals surface area contributed by atoms with Crippen molar-refractivity contribution in [3.8, 4) is 0 Å². The topological polar surface area (TPSA) is 24.1 Å². The van der Waals surface area contributed by atoms with Crippen molar-refractivity contribution in [1.29, 1.82) is 0 Å². The van der Waals surface area contributed by atoms with Gasteiger partial charge in [-0.1, -0.05) is 19.8 Å². The second kappa shape index (κ2) is 8.00. The standard InChI is InChI=1S/C13H25F3N2/c1-2-17-8-5-9-18-10-11-6-3-4-7-12(11)13(14,15)16/h11-12,17-18H,2-10H2,1H3. The summed E-state index contributed by atoms with van der Waals surface area (Å²) in [7, 11) is 0. The molecule has 0 amide bonds. The molecule has 0 aliphatic heterocycles. The molecule has 0 heterocycles. The summed E-state index contributed by atoms with van der Waals surface area (Å²) in [5.41, 5.74) is 0. The third-order valence-electron chi connectivity index (χ3n) is 3.69. The Hall–Kier alpha value is -0.290. The third kappa shape index (κ3) is 5.57. The van der Waals surface area contributed by atoms with E-state index >= 15 is 0 Å². The first-order valence-electron chi connectivity index (χ1n) is 7.04. The number of alkyl halides is 3. The van der Waals surface area contributed by atoms with Crippen LogP contribution in [-0.4, -0.2) is 32.4 Å². The van der Waals surface area contributed by atoms with E-state index in [2.05, 4.69) is 10.6 Å². The van der Waals surface area contributed by atoms with Crippen LogP contribution in [0.4, 0.5) is 13.2 Å². The molecule has 0 aromatic rings. The van der Waals surface area contributed by atoms with Crippen LogP contribution in [-0.2, 0) is 0 Å². The number of rotatable bonds is 7. The predicted octanol–water partition coefficient (Wildman–Crippen LogP) is 2.94. The lowest BCUT2D eigenvalue weighted by molar-refractivity contribution is -0.195. The second-order valence-electron chi connectivity index (χ2n) is 5.10. The molecule has 0 spiro atoms. The number of nitrogens with one attached hydrogen (secondary N) is 2. The van der Waals surface area contributed by atoms with Crippen LogP contribution in [0.3, 0.4) is 0 Å². The van der Waals surface area contributed by atoms with Crippen molar-refractivity contribution in [2.24, 2.45) is 11.8 Å². The minimum atomic E-state index is -4.02. The Labute approximate surface area is 108 Å². The lowest BCUT2D eigenvalue weighted by Gasteiger charge is -2.33. The molecule has 0 aromatic carbocycles. The zero-order valence-electron chi connectivity index (χ0n) is 11.2. The zero-order chi connectivity index (χ0) is 13.4. The summed E-state index contributed by atoms with van der Waals surface area (Å²) < 4.78 is 38.5. The molecule has 1 rings (SSSR count). The number of hydrogen-bond acceptors (Lipinski definition) is 2. The van der Waals surface area contributed by atoms with E-state index in [-0.39, 0.29) is 5.92 Å². The lowest BCUT2D eigenvalue weighted by atomic mass is 9.78. The van der Waals surface area contributed by atoms with Crippen LogP contribution >= 0.6 is 0 Å². The van der Waals surface area contributed by atoms with Gasteiger partial charge in [0.05, 0.1) is 5.92 Å². The molecule has 1 saturated carbocycles. The van der Waals surface area contributed by atoms with E-state index in [1.807, 2.05) is 6.92 Å². The van der Waals surface area contributed by atoms with Crippen LogP contribution in [0, 0.1) is 11.8 Å². The van der Waals surface area contributed by atoms with Crippen LogP contribution in [0.2, 0.25) is 0 Å². The highest BCUT2D eigenvalue weighted by Gasteiger charge is 2.44. The summed E-state index contributed by atoms with van der Waals surface area (Å²) in [5, 5.41) is 6.38. The molecule has 0 aromatic heterocycles. The van der Waals surface area contributed by atoms with Crippen molar-refractivity contribution in [2.75, 3.05) is 26.2 Å². The molecule has 1 fully saturated rings. The van der Waals surface area contributed by atoms with Gasteiger partial charge in [0.2, 0.25) is 0 Å². The molecule has 18 heavy (non-hydrogen) atoms. The molecule has 0 radical (unpaired) electrons. The van der Waals surface area contributed by atoms with Gasteiger partial charge < -0.3 is 10.6 Å². The average Bonchev–Trinajstić information content (AvgIpc) is 2.33. The highest BCUT2D eigenvalue weighted by Crippen LogP contribution is 2.41. The predicted molar refractivity (Wildman–Crippen MR) is 67.5 cm³/mol. The van der Waals surface area contributed by atoms with Crippen molar-refractivity contribution >= 4 is 0 Å². The van der Waals surface area contributed by atoms with E-state index in [9.17, 15) is 13.2 Å². The molecule has 2 unspecified atom stereocenters. The Morgan fingerprint density at radius 1 is 1.06 bits per heavy atom. The fourth-order valence-electron chi connectivity index (χ4n) is 2.69. The zero-order valence-corrected chi connectivity index (χ0v) is 11.2. The SMILES string of the molecule is CCNCCCNCC1CCCCC1C(F)(F)F. The van der Waals surface area contributed by atoms with E-state index in [0.29, 0.717) is 19.4 Å². The highest BCUT2D eigenvalue weighted by molar-refractivity contribution is 4.81. The molecule has 108 valence electrons. The van der Waals surface area contributed by atoms with Crippen LogP contribution in [0.25, 0.3) is 0 Å². The minimum Gasteiger partial charge on any atom is -0.317 e. The van der Waals surface area contributed by atoms with Crippen molar-refractivity contribution < 1.29 is 13.2 Å². The van der Waals surface area contributed by atoms with Crippen LogP contribution in [0.5, 0.6) is 0 Å². The van der Waals surface area contributed by atoms with Gasteiger partial charge in [0.25, 0.3) is 0 Å². The summed E-state index contributed by atoms with van der Waals surface area (Å²) >= 11 is 0. The maximum atomic E-state index is 12.8. The minimum absolute atomic E-state index is 0.224. The van der Waals surface area contributed by atoms with Gasteiger partial charge in [0.15, 0.2) is 0 Å². The Morgan fingerprint density at radius 2 is 1.72 bits per heavy atom. The van der Waals surface area contributed by atoms with Gasteiger partial charge in [0, 0.05) is 0 Å². The van der Waals surface area contributed by atoms with Crippen molar-refractivity contribution in [3.05, 3.63) is 0 Å². The monoisotopic (exact) mass is 266 g/mol. The molecular weight excluding hydrogens is 241 g/mol. The molecular formula is C13H25F3N2. The van der Waals surface area contributed by atoms with E-state index in [1.165, 1.54) is 0 Å². The van der Waals surface area contributed by atoms with Gasteiger partial charge in [-0.2, -0.15) is 13.2 Å². The fraction of sp³-hybridized carbons (Fsp3) is 1.00. The highest BCUT2D eigenvalue weighted by atomic mass is 19.4. The molecule has 2 atom stereocenters. The largest absolute Gasteiger partial charge is 0.392 e. The van der Waals surface area contributed by atoms with Gasteiger partial charge in [0.1, 0.15) is 0 Å². The molecule has 5 heteroatoms. The number of hydrogen-bond donors (Lipinski definition) is 2. The first kappa shape index (κ1) is 15.8. The molecule has 1 aliphatic rings. The molecule has 1 aliphatic carbocycles. The lowest BCUT2D eigenvalue weighted by Crippen LogP contribution is -2.39. The van der Waals surface area contributed by atoms with E-state index in [1.54, 1.807) is 0 Å². The van der Waals surface area contributed by atoms with Gasteiger partial charge in [-0.15, -0.1) is 0 Å². The Bertz CT molecular complexity index is 219. The maximum absolute atomic E-state index is 12.8. The van der Waals surface area contributed by atoms with Crippen molar-refractivity contribution in [2.45, 2.75) is 45.2 Å². The van der Waals surface area contributed by atoms with Gasteiger partial charge in [-0.05, 0) is 51.4 Å². The summed E-state index contributed by atoms with van der Waals surface area (Å²) in [5.74, 6) is -1.31. The summed E-state index contributed by atoms with van der Waals surface area (Å²) in [4.78, 5) is 0. The first-order chi connectivity index (χ1) is 8.55. The molecule has 0 saturated heterocycles. The van der Waals surface area contributed by atoms with Gasteiger partial charge in [-0.25, -0.2) is 0 Å². The van der Waals surface area contributed by atoms with Crippen molar-refractivity contribution in [1.82, 2.24) is 10.6 Å². The maximum Gasteiger partial charge on any atom is 0.392 e. The van der Waals surface area contributed by atoms with Gasteiger partial charge >= 0.3 is 6.18 Å². The third-order valence-corrected chi connectivity index (χ3v) is 3.69. The summed E-state index contributed by atoms with van der Waals surface area (Å²) in [6, 6.07) is 0. The average molecular weight is 266 g/mol. The fourth-order valence-corrected chi connectivity index (χ4v) is 2.69. The van der Waals surface area contributed by atoms with Crippen LogP contribution in [0.1, 0.15) is 39.0 Å². The Kier molecular flexibility index (Phi) is 7.00. The Morgan fingerprint density at radius 3 is 2.39 bits per heavy atom. The molecule has 0 bridgehead atoms. The quantitative estimate of drug-likeness (QED) is 0.692. The van der Waals surface area contributed by atoms with Gasteiger partial charge in [-0.3, -0.25) is 0 Å².